The van der Waals surface area contributed by atoms with Crippen LogP contribution in [0, 0.1) is 0 Å². The largest absolute Gasteiger partial charge is 0.375 e. The molecule has 0 saturated heterocycles. The smallest absolute Gasteiger partial charge is 0.253 e. The van der Waals surface area contributed by atoms with Crippen molar-refractivity contribution in [3.8, 4) is 0 Å². The summed E-state index contributed by atoms with van der Waals surface area (Å²) in [5.41, 5.74) is 0.143. The molecule has 3 aromatic rings. The van der Waals surface area contributed by atoms with Crippen molar-refractivity contribution in [2.45, 2.75) is 51.6 Å². The van der Waals surface area contributed by atoms with Crippen molar-refractivity contribution >= 4 is 34.7 Å². The molecular formula is C23H26N6O3. The summed E-state index contributed by atoms with van der Waals surface area (Å²) in [6.45, 7) is 5.71. The molecule has 9 heteroatoms. The van der Waals surface area contributed by atoms with E-state index < -0.39 is 10.9 Å². The minimum Gasteiger partial charge on any atom is -0.375 e. The van der Waals surface area contributed by atoms with Gasteiger partial charge < -0.3 is 21.3 Å². The number of rotatable bonds is 7. The number of nitrogens with zero attached hydrogens (tertiary/aromatic N) is 2. The number of hydrogen-bond donors (Lipinski definition) is 4. The molecule has 0 bridgehead atoms. The van der Waals surface area contributed by atoms with Crippen LogP contribution in [0.5, 0.6) is 0 Å². The van der Waals surface area contributed by atoms with Crippen molar-refractivity contribution in [3.63, 3.8) is 0 Å². The van der Waals surface area contributed by atoms with Crippen LogP contribution in [0.2, 0.25) is 0 Å². The Morgan fingerprint density at radius 2 is 1.78 bits per heavy atom. The molecule has 1 saturated carbocycles. The first kappa shape index (κ1) is 21.5. The Kier molecular flexibility index (Phi) is 5.65. The molecule has 1 amide bonds. The normalized spacial score (nSPS) is 14.0. The van der Waals surface area contributed by atoms with E-state index in [9.17, 15) is 14.4 Å². The van der Waals surface area contributed by atoms with Crippen molar-refractivity contribution in [3.05, 3.63) is 62.5 Å². The zero-order valence-electron chi connectivity index (χ0n) is 18.3. The number of carbonyl (C=O) groups excluding carboxylic acids is 1. The monoisotopic (exact) mass is 434 g/mol. The van der Waals surface area contributed by atoms with E-state index >= 15 is 0 Å². The fraction of sp³-hybridized carbons (Fsp3) is 0.348. The van der Waals surface area contributed by atoms with Crippen LogP contribution in [0.3, 0.4) is 0 Å². The van der Waals surface area contributed by atoms with Gasteiger partial charge in [-0.1, -0.05) is 6.07 Å². The van der Waals surface area contributed by atoms with Gasteiger partial charge in [0.2, 0.25) is 5.95 Å². The lowest BCUT2D eigenvalue weighted by atomic mass is 9.93. The van der Waals surface area contributed by atoms with E-state index in [0.717, 1.165) is 19.3 Å². The van der Waals surface area contributed by atoms with E-state index in [1.807, 2.05) is 26.8 Å². The molecule has 1 aromatic heterocycles. The molecule has 0 atom stereocenters. The highest BCUT2D eigenvalue weighted by molar-refractivity contribution is 5.95. The summed E-state index contributed by atoms with van der Waals surface area (Å²) in [7, 11) is 0. The quantitative estimate of drug-likeness (QED) is 0.418. The molecule has 0 aliphatic heterocycles. The van der Waals surface area contributed by atoms with E-state index in [1.54, 1.807) is 24.3 Å². The average Bonchev–Trinajstić information content (AvgIpc) is 2.72. The second-order valence-electron chi connectivity index (χ2n) is 8.98. The molecule has 1 aliphatic rings. The van der Waals surface area contributed by atoms with E-state index in [-0.39, 0.29) is 34.8 Å². The molecule has 4 N–H and O–H groups in total. The Morgan fingerprint density at radius 3 is 2.47 bits per heavy atom. The summed E-state index contributed by atoms with van der Waals surface area (Å²) >= 11 is 0. The second kappa shape index (κ2) is 8.41. The maximum atomic E-state index is 12.4. The predicted molar refractivity (Wildman–Crippen MR) is 125 cm³/mol. The molecule has 2 aromatic carbocycles. The third-order valence-electron chi connectivity index (χ3n) is 5.14. The summed E-state index contributed by atoms with van der Waals surface area (Å²) < 4.78 is 0. The fourth-order valence-corrected chi connectivity index (χ4v) is 3.31. The summed E-state index contributed by atoms with van der Waals surface area (Å²) in [6, 6.07) is 8.95. The van der Waals surface area contributed by atoms with Gasteiger partial charge in [-0.05, 0) is 64.3 Å². The van der Waals surface area contributed by atoms with E-state index in [4.69, 9.17) is 0 Å². The summed E-state index contributed by atoms with van der Waals surface area (Å²) in [5, 5.41) is 12.1. The molecular weight excluding hydrogens is 408 g/mol. The Labute approximate surface area is 185 Å². The summed E-state index contributed by atoms with van der Waals surface area (Å²) in [5.74, 6) is 0.551. The van der Waals surface area contributed by atoms with Crippen LogP contribution in [0.4, 0.5) is 28.8 Å². The highest BCUT2D eigenvalue weighted by atomic mass is 16.2. The average molecular weight is 435 g/mol. The molecule has 0 spiro atoms. The van der Waals surface area contributed by atoms with Gasteiger partial charge in [-0.25, -0.2) is 4.98 Å². The number of amides is 1. The zero-order valence-corrected chi connectivity index (χ0v) is 18.3. The summed E-state index contributed by atoms with van der Waals surface area (Å²) in [6.07, 6.45) is 4.73. The molecule has 1 aliphatic carbocycles. The van der Waals surface area contributed by atoms with Gasteiger partial charge in [0.1, 0.15) is 17.2 Å². The summed E-state index contributed by atoms with van der Waals surface area (Å²) in [4.78, 5) is 44.9. The predicted octanol–water partition coefficient (Wildman–Crippen LogP) is 3.05. The van der Waals surface area contributed by atoms with Crippen molar-refractivity contribution in [1.29, 1.82) is 0 Å². The lowest BCUT2D eigenvalue weighted by molar-refractivity contribution is 0.0917. The van der Waals surface area contributed by atoms with Crippen molar-refractivity contribution in [2.75, 3.05) is 16.0 Å². The van der Waals surface area contributed by atoms with Gasteiger partial charge in [0, 0.05) is 29.0 Å². The zero-order chi connectivity index (χ0) is 22.9. The topological polar surface area (TPSA) is 125 Å². The Bertz CT molecular complexity index is 1220. The number of anilines is 5. The van der Waals surface area contributed by atoms with Gasteiger partial charge in [-0.3, -0.25) is 14.4 Å². The number of aromatic nitrogens is 2. The number of hydrogen-bond acceptors (Lipinski definition) is 8. The highest BCUT2D eigenvalue weighted by Crippen LogP contribution is 2.24. The third-order valence-corrected chi connectivity index (χ3v) is 5.14. The van der Waals surface area contributed by atoms with Crippen molar-refractivity contribution in [2.24, 2.45) is 0 Å². The van der Waals surface area contributed by atoms with Crippen LogP contribution in [-0.2, 0) is 0 Å². The van der Waals surface area contributed by atoms with Gasteiger partial charge in [-0.15, -0.1) is 0 Å². The van der Waals surface area contributed by atoms with E-state index in [1.165, 1.54) is 6.20 Å². The van der Waals surface area contributed by atoms with Crippen LogP contribution >= 0.6 is 0 Å². The SMILES string of the molecule is CC(C)(C)Nc1c(Nc2ccnc(Nc3cccc(C(=O)NC4CCC4)c3)n2)c(=O)c1=O. The van der Waals surface area contributed by atoms with Crippen LogP contribution in [0.1, 0.15) is 50.4 Å². The van der Waals surface area contributed by atoms with Crippen LogP contribution in [-0.4, -0.2) is 27.5 Å². The molecule has 1 heterocycles. The Hall–Kier alpha value is -3.75. The fourth-order valence-electron chi connectivity index (χ4n) is 3.31. The van der Waals surface area contributed by atoms with Crippen molar-refractivity contribution in [1.82, 2.24) is 15.3 Å². The van der Waals surface area contributed by atoms with Crippen LogP contribution < -0.4 is 32.1 Å². The first-order chi connectivity index (χ1) is 15.2. The molecule has 0 radical (unpaired) electrons. The van der Waals surface area contributed by atoms with Gasteiger partial charge in [-0.2, -0.15) is 4.98 Å². The number of benzene rings is 1. The molecule has 4 rings (SSSR count). The standard InChI is InChI=1S/C23H26N6O3/c1-23(2,3)29-18-17(19(30)20(18)31)27-16-10-11-24-22(28-16)26-15-9-4-6-13(12-15)21(32)25-14-7-5-8-14/h4,6,9-12,14,29H,5,7-8H2,1-3H3,(H,25,32)(H2,24,26,27,28). The first-order valence-electron chi connectivity index (χ1n) is 10.6. The molecule has 166 valence electrons. The Morgan fingerprint density at radius 1 is 1.03 bits per heavy atom. The Balaban J connectivity index is 1.47. The number of carbonyl (C=O) groups is 1. The molecule has 1 fully saturated rings. The third kappa shape index (κ3) is 4.77. The van der Waals surface area contributed by atoms with Crippen LogP contribution in [0.25, 0.3) is 0 Å². The molecule has 9 nitrogen and oxygen atoms in total. The van der Waals surface area contributed by atoms with Crippen LogP contribution in [0.15, 0.2) is 46.1 Å². The second-order valence-corrected chi connectivity index (χ2v) is 8.98. The minimum absolute atomic E-state index is 0.103. The lowest BCUT2D eigenvalue weighted by Crippen LogP contribution is -2.41. The maximum absolute atomic E-state index is 12.4. The minimum atomic E-state index is -0.588. The van der Waals surface area contributed by atoms with E-state index in [2.05, 4.69) is 31.2 Å². The van der Waals surface area contributed by atoms with Crippen molar-refractivity contribution < 1.29 is 4.79 Å². The van der Waals surface area contributed by atoms with Gasteiger partial charge in [0.05, 0.1) is 0 Å². The molecule has 32 heavy (non-hydrogen) atoms. The van der Waals surface area contributed by atoms with Gasteiger partial charge in [0.25, 0.3) is 16.8 Å². The maximum Gasteiger partial charge on any atom is 0.253 e. The number of nitrogens with one attached hydrogen (secondary N) is 4. The molecule has 0 unspecified atom stereocenters. The van der Waals surface area contributed by atoms with E-state index in [0.29, 0.717) is 17.1 Å². The highest BCUT2D eigenvalue weighted by Gasteiger charge is 2.25. The lowest BCUT2D eigenvalue weighted by Gasteiger charge is -2.26. The van der Waals surface area contributed by atoms with Gasteiger partial charge in [0.15, 0.2) is 0 Å². The first-order valence-corrected chi connectivity index (χ1v) is 10.6. The van der Waals surface area contributed by atoms with Gasteiger partial charge >= 0.3 is 0 Å².